The smallest absolute Gasteiger partial charge is 0.168 e. The largest absolute Gasteiger partial charge is 0.335 e. The number of rotatable bonds is 0. The minimum absolute atomic E-state index is 0. The fourth-order valence-electron chi connectivity index (χ4n) is 0. The molecule has 4 heteroatoms. The van der Waals surface area contributed by atoms with Gasteiger partial charge in [-0.2, -0.15) is 8.42 Å². The van der Waals surface area contributed by atoms with Gasteiger partial charge in [-0.05, 0) is 0 Å². The molecule has 0 rings (SSSR count). The zero-order valence-corrected chi connectivity index (χ0v) is 4.51. The summed E-state index contributed by atoms with van der Waals surface area (Å²) in [6.45, 7) is 0. The summed E-state index contributed by atoms with van der Waals surface area (Å²) in [5.74, 6) is 0. The standard InChI is InChI=1S/Au.O2S/c;1-3-2. The van der Waals surface area contributed by atoms with Crippen molar-refractivity contribution in [3.8, 4) is 0 Å². The maximum atomic E-state index is 8.29. The minimum Gasteiger partial charge on any atom is -0.168 e. The van der Waals surface area contributed by atoms with Crippen molar-refractivity contribution in [2.75, 3.05) is 0 Å². The summed E-state index contributed by atoms with van der Waals surface area (Å²) < 4.78 is 16.6. The molecule has 1 radical (unpaired) electrons. The predicted octanol–water partition coefficient (Wildman–Crippen LogP) is -0.673. The molecule has 2 nitrogen and oxygen atoms in total. The van der Waals surface area contributed by atoms with E-state index in [-0.39, 0.29) is 22.4 Å². The van der Waals surface area contributed by atoms with Crippen molar-refractivity contribution in [2.24, 2.45) is 0 Å². The molecule has 0 fully saturated rings. The molecule has 0 heterocycles. The fraction of sp³-hybridized carbons (Fsp3) is 0. The third kappa shape index (κ3) is 19.9. The first-order chi connectivity index (χ1) is 1.41. The molecular weight excluding hydrogens is 261 g/mol. The molecule has 0 aliphatic rings. The molecule has 0 saturated carbocycles. The third-order valence-electron chi connectivity index (χ3n) is 0. The van der Waals surface area contributed by atoms with Crippen molar-refractivity contribution in [1.29, 1.82) is 0 Å². The normalized spacial score (nSPS) is 3.00. The van der Waals surface area contributed by atoms with E-state index < -0.39 is 11.6 Å². The van der Waals surface area contributed by atoms with E-state index in [2.05, 4.69) is 0 Å². The Morgan fingerprint density at radius 2 is 1.25 bits per heavy atom. The van der Waals surface area contributed by atoms with Gasteiger partial charge in [-0.15, -0.1) is 0 Å². The Hall–Kier alpha value is 0.560. The molecular formula is AuO2S. The molecule has 0 aromatic heterocycles. The van der Waals surface area contributed by atoms with Crippen LogP contribution in [0.1, 0.15) is 0 Å². The topological polar surface area (TPSA) is 34.1 Å². The van der Waals surface area contributed by atoms with E-state index in [9.17, 15) is 0 Å². The van der Waals surface area contributed by atoms with Crippen molar-refractivity contribution in [3.63, 3.8) is 0 Å². The van der Waals surface area contributed by atoms with Crippen molar-refractivity contribution in [1.82, 2.24) is 0 Å². The van der Waals surface area contributed by atoms with Crippen LogP contribution in [-0.2, 0) is 34.0 Å². The average Bonchev–Trinajstić information content (AvgIpc) is 0.918. The summed E-state index contributed by atoms with van der Waals surface area (Å²) in [5.41, 5.74) is 0. The van der Waals surface area contributed by atoms with E-state index in [0.29, 0.717) is 0 Å². The summed E-state index contributed by atoms with van der Waals surface area (Å²) in [4.78, 5) is 0. The second-order valence-electron chi connectivity index (χ2n) is 0.0680. The molecule has 0 aromatic rings. The molecule has 0 atom stereocenters. The Morgan fingerprint density at radius 3 is 1.25 bits per heavy atom. The van der Waals surface area contributed by atoms with Gasteiger partial charge in [0.1, 0.15) is 0 Å². The molecule has 0 unspecified atom stereocenters. The van der Waals surface area contributed by atoms with Crippen molar-refractivity contribution >= 4 is 11.6 Å². The zero-order valence-electron chi connectivity index (χ0n) is 1.53. The van der Waals surface area contributed by atoms with E-state index >= 15 is 0 Å². The van der Waals surface area contributed by atoms with Gasteiger partial charge in [-0.1, -0.05) is 0 Å². The molecule has 0 aliphatic heterocycles. The van der Waals surface area contributed by atoms with Crippen LogP contribution in [0.5, 0.6) is 0 Å². The first-order valence-electron chi connectivity index (χ1n) is 0.333. The summed E-state index contributed by atoms with van der Waals surface area (Å²) in [6, 6.07) is 0. The SMILES string of the molecule is O=S=O.[Au]. The first-order valence-corrected chi connectivity index (χ1v) is 1.00. The van der Waals surface area contributed by atoms with Crippen molar-refractivity contribution < 1.29 is 30.8 Å². The van der Waals surface area contributed by atoms with Gasteiger partial charge in [-0.3, -0.25) is 0 Å². The van der Waals surface area contributed by atoms with Crippen LogP contribution in [0.15, 0.2) is 0 Å². The van der Waals surface area contributed by atoms with Crippen LogP contribution in [0, 0.1) is 0 Å². The second-order valence-corrected chi connectivity index (χ2v) is 0.204. The van der Waals surface area contributed by atoms with Crippen LogP contribution >= 0.6 is 0 Å². The molecule has 4 heavy (non-hydrogen) atoms. The van der Waals surface area contributed by atoms with Crippen molar-refractivity contribution in [2.45, 2.75) is 0 Å². The maximum Gasteiger partial charge on any atom is 0.335 e. The minimum atomic E-state index is -0.750. The molecule has 0 saturated heterocycles. The van der Waals surface area contributed by atoms with Gasteiger partial charge in [0, 0.05) is 22.4 Å². The van der Waals surface area contributed by atoms with Gasteiger partial charge in [0.2, 0.25) is 0 Å². The number of hydrogen-bond acceptors (Lipinski definition) is 2. The van der Waals surface area contributed by atoms with E-state index in [1.807, 2.05) is 0 Å². The van der Waals surface area contributed by atoms with Gasteiger partial charge < -0.3 is 0 Å². The average molecular weight is 261 g/mol. The van der Waals surface area contributed by atoms with Gasteiger partial charge in [0.05, 0.1) is 0 Å². The van der Waals surface area contributed by atoms with Crippen LogP contribution in [0.25, 0.3) is 0 Å². The number of hydrogen-bond donors (Lipinski definition) is 0. The molecule has 29 valence electrons. The van der Waals surface area contributed by atoms with Gasteiger partial charge >= 0.3 is 11.6 Å². The molecule has 0 spiro atoms. The van der Waals surface area contributed by atoms with E-state index in [0.717, 1.165) is 0 Å². The molecule has 0 N–H and O–H groups in total. The van der Waals surface area contributed by atoms with Gasteiger partial charge in [0.15, 0.2) is 0 Å². The Balaban J connectivity index is 0. The van der Waals surface area contributed by atoms with E-state index in [1.165, 1.54) is 0 Å². The Labute approximate surface area is 42.7 Å². The third-order valence-corrected chi connectivity index (χ3v) is 0. The quantitative estimate of drug-likeness (QED) is 0.542. The molecule has 0 aliphatic carbocycles. The fourth-order valence-corrected chi connectivity index (χ4v) is 0. The first kappa shape index (κ1) is 8.82. The van der Waals surface area contributed by atoms with Crippen LogP contribution in [0.3, 0.4) is 0 Å². The monoisotopic (exact) mass is 261 g/mol. The summed E-state index contributed by atoms with van der Waals surface area (Å²) in [5, 5.41) is 0. The Bertz CT molecular complexity index is 27.0. The zero-order chi connectivity index (χ0) is 2.71. The van der Waals surface area contributed by atoms with Crippen LogP contribution < -0.4 is 0 Å². The molecule has 0 amide bonds. The van der Waals surface area contributed by atoms with Crippen LogP contribution in [0.2, 0.25) is 0 Å². The summed E-state index contributed by atoms with van der Waals surface area (Å²) in [7, 11) is 0. The van der Waals surface area contributed by atoms with Crippen LogP contribution in [0.4, 0.5) is 0 Å². The second kappa shape index (κ2) is 9.59. The van der Waals surface area contributed by atoms with E-state index in [4.69, 9.17) is 8.42 Å². The maximum absolute atomic E-state index is 8.29. The van der Waals surface area contributed by atoms with Gasteiger partial charge in [0.25, 0.3) is 0 Å². The van der Waals surface area contributed by atoms with Crippen molar-refractivity contribution in [3.05, 3.63) is 0 Å². The summed E-state index contributed by atoms with van der Waals surface area (Å²) >= 11 is -0.750. The Morgan fingerprint density at radius 1 is 1.25 bits per heavy atom. The van der Waals surface area contributed by atoms with Gasteiger partial charge in [-0.25, -0.2) is 0 Å². The Kier molecular flexibility index (Phi) is 21.1. The predicted molar refractivity (Wildman–Crippen MR) is 8.92 cm³/mol. The summed E-state index contributed by atoms with van der Waals surface area (Å²) in [6.07, 6.45) is 0. The van der Waals surface area contributed by atoms with E-state index in [1.54, 1.807) is 0 Å². The van der Waals surface area contributed by atoms with Crippen LogP contribution in [-0.4, -0.2) is 8.42 Å². The molecule has 0 bridgehead atoms. The molecule has 0 aromatic carbocycles.